The van der Waals surface area contributed by atoms with Crippen molar-refractivity contribution in [3.8, 4) is 0 Å². The Kier molecular flexibility index (Phi) is 6.55. The molecule has 1 atom stereocenters. The standard InChI is InChI=1S/C9H21NO2S/c1-4-7-8-9(5-2,6-3)10-13(11)12/h10H,4-8H2,1-3H3,(H,11,12)/p-1. The van der Waals surface area contributed by atoms with Gasteiger partial charge in [0, 0.05) is 16.8 Å². The van der Waals surface area contributed by atoms with Crippen molar-refractivity contribution in [1.29, 1.82) is 0 Å². The lowest BCUT2D eigenvalue weighted by molar-refractivity contribution is 0.315. The lowest BCUT2D eigenvalue weighted by Crippen LogP contribution is -2.44. The van der Waals surface area contributed by atoms with Crippen molar-refractivity contribution in [3.63, 3.8) is 0 Å². The van der Waals surface area contributed by atoms with E-state index in [9.17, 15) is 8.76 Å². The fourth-order valence-electron chi connectivity index (χ4n) is 1.49. The van der Waals surface area contributed by atoms with Crippen molar-refractivity contribution in [2.75, 3.05) is 0 Å². The zero-order chi connectivity index (χ0) is 10.3. The minimum atomic E-state index is -2.14. The van der Waals surface area contributed by atoms with Crippen LogP contribution in [-0.2, 0) is 11.3 Å². The van der Waals surface area contributed by atoms with E-state index >= 15 is 0 Å². The summed E-state index contributed by atoms with van der Waals surface area (Å²) in [4.78, 5) is 0. The molecule has 0 radical (unpaired) electrons. The largest absolute Gasteiger partial charge is 0.760 e. The van der Waals surface area contributed by atoms with Crippen molar-refractivity contribution in [2.45, 2.75) is 58.4 Å². The van der Waals surface area contributed by atoms with Gasteiger partial charge in [-0.05, 0) is 19.3 Å². The molecule has 0 aliphatic carbocycles. The first-order valence-corrected chi connectivity index (χ1v) is 6.04. The highest BCUT2D eigenvalue weighted by molar-refractivity contribution is 7.77. The molecule has 0 aromatic heterocycles. The quantitative estimate of drug-likeness (QED) is 0.649. The molecule has 0 bridgehead atoms. The zero-order valence-corrected chi connectivity index (χ0v) is 9.58. The van der Waals surface area contributed by atoms with Gasteiger partial charge in [0.2, 0.25) is 0 Å². The van der Waals surface area contributed by atoms with Crippen LogP contribution in [0.25, 0.3) is 0 Å². The first-order valence-electron chi connectivity index (χ1n) is 4.97. The fourth-order valence-corrected chi connectivity index (χ4v) is 2.24. The van der Waals surface area contributed by atoms with Gasteiger partial charge in [-0.2, -0.15) is 0 Å². The average Bonchev–Trinajstić information content (AvgIpc) is 2.12. The lowest BCUT2D eigenvalue weighted by Gasteiger charge is -2.33. The summed E-state index contributed by atoms with van der Waals surface area (Å²) in [5.74, 6) is 0. The summed E-state index contributed by atoms with van der Waals surface area (Å²) in [5.41, 5.74) is -0.206. The van der Waals surface area contributed by atoms with Gasteiger partial charge < -0.3 is 4.55 Å². The molecule has 0 aliphatic heterocycles. The Morgan fingerprint density at radius 2 is 1.85 bits per heavy atom. The predicted octanol–water partition coefficient (Wildman–Crippen LogP) is 2.12. The van der Waals surface area contributed by atoms with E-state index in [-0.39, 0.29) is 5.54 Å². The molecule has 4 heteroatoms. The van der Waals surface area contributed by atoms with E-state index in [4.69, 9.17) is 0 Å². The highest BCUT2D eigenvalue weighted by Crippen LogP contribution is 2.22. The maximum atomic E-state index is 10.6. The molecule has 0 aromatic carbocycles. The topological polar surface area (TPSA) is 52.2 Å². The van der Waals surface area contributed by atoms with Crippen molar-refractivity contribution < 1.29 is 8.76 Å². The molecular formula is C9H20NO2S-. The first kappa shape index (κ1) is 13.1. The third-order valence-corrected chi connectivity index (χ3v) is 3.26. The third kappa shape index (κ3) is 4.74. The van der Waals surface area contributed by atoms with Crippen molar-refractivity contribution >= 4 is 11.3 Å². The van der Waals surface area contributed by atoms with Gasteiger partial charge in [0.1, 0.15) is 0 Å². The van der Waals surface area contributed by atoms with Crippen molar-refractivity contribution in [3.05, 3.63) is 0 Å². The van der Waals surface area contributed by atoms with Crippen LogP contribution in [0, 0.1) is 0 Å². The Bertz CT molecular complexity index is 158. The van der Waals surface area contributed by atoms with Crippen LogP contribution in [0.1, 0.15) is 52.9 Å². The molecular weight excluding hydrogens is 186 g/mol. The van der Waals surface area contributed by atoms with Crippen LogP contribution in [0.4, 0.5) is 0 Å². The van der Waals surface area contributed by atoms with Crippen LogP contribution in [0.5, 0.6) is 0 Å². The van der Waals surface area contributed by atoms with Crippen LogP contribution in [0.2, 0.25) is 0 Å². The Hall–Kier alpha value is 0.0700. The van der Waals surface area contributed by atoms with Gasteiger partial charge in [0.15, 0.2) is 0 Å². The van der Waals surface area contributed by atoms with Crippen LogP contribution in [-0.4, -0.2) is 14.3 Å². The molecule has 0 saturated heterocycles. The van der Waals surface area contributed by atoms with E-state index in [1.54, 1.807) is 0 Å². The van der Waals surface area contributed by atoms with Gasteiger partial charge in [-0.25, -0.2) is 4.72 Å². The molecule has 1 N–H and O–H groups in total. The van der Waals surface area contributed by atoms with E-state index in [1.165, 1.54) is 0 Å². The molecule has 1 unspecified atom stereocenters. The highest BCUT2D eigenvalue weighted by Gasteiger charge is 2.24. The molecule has 13 heavy (non-hydrogen) atoms. The number of hydrogen-bond donors (Lipinski definition) is 1. The molecule has 0 amide bonds. The zero-order valence-electron chi connectivity index (χ0n) is 8.76. The Balaban J connectivity index is 4.21. The summed E-state index contributed by atoms with van der Waals surface area (Å²) in [6.07, 6.45) is 4.83. The van der Waals surface area contributed by atoms with Crippen LogP contribution in [0.15, 0.2) is 0 Å². The minimum Gasteiger partial charge on any atom is -0.760 e. The molecule has 0 fully saturated rings. The van der Waals surface area contributed by atoms with E-state index in [1.807, 2.05) is 13.8 Å². The van der Waals surface area contributed by atoms with Crippen molar-refractivity contribution in [1.82, 2.24) is 4.72 Å². The number of nitrogens with one attached hydrogen (secondary N) is 1. The van der Waals surface area contributed by atoms with Gasteiger partial charge in [-0.3, -0.25) is 4.21 Å². The number of unbranched alkanes of at least 4 members (excludes halogenated alkanes) is 1. The summed E-state index contributed by atoms with van der Waals surface area (Å²) in [7, 11) is 0. The fraction of sp³-hybridized carbons (Fsp3) is 1.00. The van der Waals surface area contributed by atoms with Gasteiger partial charge in [-0.15, -0.1) is 0 Å². The second-order valence-electron chi connectivity index (χ2n) is 3.43. The first-order chi connectivity index (χ1) is 6.10. The summed E-state index contributed by atoms with van der Waals surface area (Å²) < 4.78 is 23.8. The van der Waals surface area contributed by atoms with Gasteiger partial charge in [-0.1, -0.05) is 33.6 Å². The highest BCUT2D eigenvalue weighted by atomic mass is 32.2. The van der Waals surface area contributed by atoms with Crippen LogP contribution >= 0.6 is 0 Å². The Morgan fingerprint density at radius 1 is 1.31 bits per heavy atom. The van der Waals surface area contributed by atoms with E-state index in [2.05, 4.69) is 11.6 Å². The van der Waals surface area contributed by atoms with E-state index in [0.717, 1.165) is 32.1 Å². The van der Waals surface area contributed by atoms with Gasteiger partial charge in [0.05, 0.1) is 0 Å². The van der Waals surface area contributed by atoms with Gasteiger partial charge >= 0.3 is 0 Å². The molecule has 0 aliphatic rings. The smallest absolute Gasteiger partial charge is 0.0290 e. The molecule has 0 saturated carbocycles. The minimum absolute atomic E-state index is 0.206. The Morgan fingerprint density at radius 3 is 2.15 bits per heavy atom. The molecule has 0 heterocycles. The maximum Gasteiger partial charge on any atom is 0.0290 e. The van der Waals surface area contributed by atoms with Crippen LogP contribution < -0.4 is 4.72 Å². The molecule has 0 aromatic rings. The SMILES string of the molecule is CCCCC(CC)(CC)NS(=O)[O-]. The normalized spacial score (nSPS) is 14.5. The summed E-state index contributed by atoms with van der Waals surface area (Å²) >= 11 is -2.14. The van der Waals surface area contributed by atoms with E-state index in [0.29, 0.717) is 0 Å². The monoisotopic (exact) mass is 206 g/mol. The second-order valence-corrected chi connectivity index (χ2v) is 4.10. The lowest BCUT2D eigenvalue weighted by atomic mass is 9.88. The average molecular weight is 206 g/mol. The Labute approximate surface area is 83.7 Å². The number of hydrogen-bond acceptors (Lipinski definition) is 2. The summed E-state index contributed by atoms with van der Waals surface area (Å²) in [6.45, 7) is 6.17. The molecule has 0 spiro atoms. The third-order valence-electron chi connectivity index (χ3n) is 2.66. The molecule has 0 rings (SSSR count). The number of rotatable bonds is 7. The predicted molar refractivity (Wildman–Crippen MR) is 54.9 cm³/mol. The molecule has 3 nitrogen and oxygen atoms in total. The van der Waals surface area contributed by atoms with Crippen LogP contribution in [0.3, 0.4) is 0 Å². The summed E-state index contributed by atoms with van der Waals surface area (Å²) in [5, 5.41) is 0. The summed E-state index contributed by atoms with van der Waals surface area (Å²) in [6, 6.07) is 0. The molecule has 80 valence electrons. The second kappa shape index (κ2) is 6.51. The van der Waals surface area contributed by atoms with E-state index < -0.39 is 11.3 Å². The maximum absolute atomic E-state index is 10.6. The van der Waals surface area contributed by atoms with Gasteiger partial charge in [0.25, 0.3) is 0 Å². The van der Waals surface area contributed by atoms with Crippen molar-refractivity contribution in [2.24, 2.45) is 0 Å².